The molecule has 1 aliphatic rings. The summed E-state index contributed by atoms with van der Waals surface area (Å²) < 4.78 is 27.1. The second-order valence-electron chi connectivity index (χ2n) is 7.15. The highest BCUT2D eigenvalue weighted by molar-refractivity contribution is 6.06. The van der Waals surface area contributed by atoms with Gasteiger partial charge in [0.1, 0.15) is 12.1 Å². The fraction of sp³-hybridized carbons (Fsp3) is 0.286. The third-order valence-electron chi connectivity index (χ3n) is 5.12. The first-order valence-corrected chi connectivity index (χ1v) is 9.34. The van der Waals surface area contributed by atoms with E-state index in [2.05, 4.69) is 20.0 Å². The van der Waals surface area contributed by atoms with Crippen molar-refractivity contribution in [2.45, 2.75) is 31.4 Å². The first kappa shape index (κ1) is 19.6. The van der Waals surface area contributed by atoms with Gasteiger partial charge in [0.05, 0.1) is 12.1 Å². The van der Waals surface area contributed by atoms with Crippen LogP contribution in [0.1, 0.15) is 29.6 Å². The number of para-hydroxylation sites is 1. The van der Waals surface area contributed by atoms with E-state index in [9.17, 15) is 18.4 Å². The number of alkyl halides is 2. The van der Waals surface area contributed by atoms with Crippen LogP contribution in [0, 0.1) is 6.57 Å². The molecule has 7 nitrogen and oxygen atoms in total. The van der Waals surface area contributed by atoms with Crippen molar-refractivity contribution in [3.63, 3.8) is 0 Å². The van der Waals surface area contributed by atoms with Crippen LogP contribution in [-0.4, -0.2) is 50.4 Å². The number of halogens is 2. The zero-order chi connectivity index (χ0) is 21.3. The van der Waals surface area contributed by atoms with E-state index in [4.69, 9.17) is 6.57 Å². The van der Waals surface area contributed by atoms with Crippen molar-refractivity contribution in [3.05, 3.63) is 59.7 Å². The van der Waals surface area contributed by atoms with Gasteiger partial charge in [0.2, 0.25) is 5.91 Å². The molecule has 3 aromatic rings. The number of amides is 1. The van der Waals surface area contributed by atoms with Crippen LogP contribution in [0.25, 0.3) is 27.0 Å². The van der Waals surface area contributed by atoms with Gasteiger partial charge in [0.25, 0.3) is 5.92 Å². The number of H-pyrrole nitrogens is 1. The summed E-state index contributed by atoms with van der Waals surface area (Å²) in [5, 5.41) is 8.03. The highest BCUT2D eigenvalue weighted by Crippen LogP contribution is 2.33. The van der Waals surface area contributed by atoms with Gasteiger partial charge in [-0.15, -0.1) is 0 Å². The summed E-state index contributed by atoms with van der Waals surface area (Å²) in [7, 11) is 0. The molecule has 0 spiro atoms. The maximum Gasteiger partial charge on any atom is 0.306 e. The second-order valence-corrected chi connectivity index (χ2v) is 7.15. The number of pyridine rings is 1. The zero-order valence-corrected chi connectivity index (χ0v) is 15.8. The van der Waals surface area contributed by atoms with Gasteiger partial charge in [-0.1, -0.05) is 18.2 Å². The fourth-order valence-corrected chi connectivity index (χ4v) is 3.66. The highest BCUT2D eigenvalue weighted by atomic mass is 19.3. The molecule has 0 unspecified atom stereocenters. The van der Waals surface area contributed by atoms with Crippen molar-refractivity contribution in [1.82, 2.24) is 20.1 Å². The number of aromatic amines is 1. The predicted molar refractivity (Wildman–Crippen MR) is 105 cm³/mol. The number of Topliss-reactive ketones (excluding diaryl/α,β-unsaturated/α-hetero) is 1. The molecular formula is C21H17F2N5O2. The monoisotopic (exact) mass is 409 g/mol. The van der Waals surface area contributed by atoms with Gasteiger partial charge in [-0.05, 0) is 12.1 Å². The topological polar surface area (TPSA) is 83.3 Å². The molecule has 4 rings (SSSR count). The second kappa shape index (κ2) is 7.63. The summed E-state index contributed by atoms with van der Waals surface area (Å²) in [6.07, 6.45) is 0.748. The van der Waals surface area contributed by atoms with E-state index in [0.717, 1.165) is 15.8 Å². The molecule has 1 N–H and O–H groups in total. The molecule has 0 aliphatic carbocycles. The van der Waals surface area contributed by atoms with Crippen LogP contribution in [-0.2, 0) is 4.79 Å². The van der Waals surface area contributed by atoms with Crippen LogP contribution in [0.15, 0.2) is 42.7 Å². The van der Waals surface area contributed by atoms with Crippen LogP contribution in [0.4, 0.5) is 8.78 Å². The van der Waals surface area contributed by atoms with Gasteiger partial charge >= 0.3 is 6.17 Å². The van der Waals surface area contributed by atoms with E-state index < -0.39 is 31.0 Å². The number of hydrogen-bond donors (Lipinski definition) is 1. The Morgan fingerprint density at radius 3 is 2.87 bits per heavy atom. The Balaban J connectivity index is 1.53. The average molecular weight is 409 g/mol. The number of likely N-dealkylation sites (tertiary alicyclic amines) is 1. The number of ketones is 1. The Bertz CT molecular complexity index is 1170. The van der Waals surface area contributed by atoms with Crippen LogP contribution < -0.4 is 0 Å². The van der Waals surface area contributed by atoms with Crippen molar-refractivity contribution in [2.24, 2.45) is 0 Å². The minimum atomic E-state index is -3.08. The number of rotatable bonds is 5. The third-order valence-corrected chi connectivity index (χ3v) is 5.12. The van der Waals surface area contributed by atoms with Gasteiger partial charge in [0.15, 0.2) is 5.78 Å². The van der Waals surface area contributed by atoms with Crippen molar-refractivity contribution in [1.29, 1.82) is 0 Å². The van der Waals surface area contributed by atoms with E-state index >= 15 is 0 Å². The van der Waals surface area contributed by atoms with Gasteiger partial charge in [0, 0.05) is 41.7 Å². The molecule has 1 saturated heterocycles. The molecule has 1 aliphatic heterocycles. The molecule has 0 saturated carbocycles. The van der Waals surface area contributed by atoms with Crippen LogP contribution in [0.5, 0.6) is 0 Å². The number of hydrogen-bond acceptors (Lipinski definition) is 4. The lowest BCUT2D eigenvalue weighted by atomic mass is 9.98. The number of nitrogens with zero attached hydrogens (tertiary/aromatic N) is 4. The van der Waals surface area contributed by atoms with Crippen LogP contribution in [0.2, 0.25) is 0 Å². The third kappa shape index (κ3) is 3.64. The summed E-state index contributed by atoms with van der Waals surface area (Å²) in [4.78, 5) is 33.3. The fourth-order valence-electron chi connectivity index (χ4n) is 3.66. The van der Waals surface area contributed by atoms with E-state index in [1.807, 2.05) is 24.3 Å². The maximum atomic E-state index is 13.6. The number of aromatic nitrogens is 3. The number of carbonyl (C=O) groups is 2. The Kier molecular flexibility index (Phi) is 4.99. The largest absolute Gasteiger partial charge is 0.306 e. The van der Waals surface area contributed by atoms with E-state index in [1.54, 1.807) is 6.07 Å². The molecule has 1 fully saturated rings. The quantitative estimate of drug-likeness (QED) is 0.515. The van der Waals surface area contributed by atoms with Gasteiger partial charge in [-0.2, -0.15) is 5.10 Å². The van der Waals surface area contributed by atoms with E-state index in [-0.39, 0.29) is 18.6 Å². The molecule has 9 heteroatoms. The number of carbonyl (C=O) groups excluding carboxylic acids is 2. The maximum absolute atomic E-state index is 13.6. The molecule has 0 radical (unpaired) electrons. The van der Waals surface area contributed by atoms with Crippen LogP contribution >= 0.6 is 0 Å². The first-order valence-electron chi connectivity index (χ1n) is 9.34. The number of benzene rings is 1. The lowest BCUT2D eigenvalue weighted by molar-refractivity contribution is -0.132. The summed E-state index contributed by atoms with van der Waals surface area (Å²) in [5.74, 6) is -4.02. The molecule has 30 heavy (non-hydrogen) atoms. The molecule has 1 atom stereocenters. The van der Waals surface area contributed by atoms with Crippen molar-refractivity contribution < 1.29 is 18.4 Å². The van der Waals surface area contributed by atoms with Crippen LogP contribution in [0.3, 0.4) is 0 Å². The SMILES string of the molecule is [C-]#[N+][C@@H]1CC(F)(F)CN1C(=O)CCC(=O)c1ccncc1-c1n[nH]c2ccccc12. The normalized spacial score (nSPS) is 17.8. The number of fused-ring (bicyclic) bond motifs is 1. The standard InChI is InChI=1S/C21H17F2N5O2/c1-24-18-10-21(22,23)12-28(18)19(30)7-6-17(29)13-8-9-25-11-15(13)20-14-4-2-3-5-16(14)26-27-20/h2-5,8-9,11,18H,6-7,10,12H2,(H,26,27)/t18-/m0/s1. The average Bonchev–Trinajstić information content (AvgIpc) is 3.32. The lowest BCUT2D eigenvalue weighted by Gasteiger charge is -2.16. The molecule has 0 bridgehead atoms. The van der Waals surface area contributed by atoms with E-state index in [0.29, 0.717) is 16.8 Å². The number of nitrogens with one attached hydrogen (secondary N) is 1. The van der Waals surface area contributed by atoms with Crippen molar-refractivity contribution in [2.75, 3.05) is 6.54 Å². The Labute approximate surface area is 170 Å². The molecular weight excluding hydrogens is 392 g/mol. The Hall–Kier alpha value is -3.67. The minimum absolute atomic E-state index is 0.162. The summed E-state index contributed by atoms with van der Waals surface area (Å²) in [5.41, 5.74) is 2.26. The van der Waals surface area contributed by atoms with Gasteiger partial charge in [-0.25, -0.2) is 15.4 Å². The van der Waals surface area contributed by atoms with Gasteiger partial charge in [-0.3, -0.25) is 29.4 Å². The summed E-state index contributed by atoms with van der Waals surface area (Å²) >= 11 is 0. The van der Waals surface area contributed by atoms with Gasteiger partial charge < -0.3 is 0 Å². The smallest absolute Gasteiger partial charge is 0.294 e. The minimum Gasteiger partial charge on any atom is -0.294 e. The highest BCUT2D eigenvalue weighted by Gasteiger charge is 2.50. The lowest BCUT2D eigenvalue weighted by Crippen LogP contribution is -2.35. The first-order chi connectivity index (χ1) is 14.4. The Morgan fingerprint density at radius 2 is 2.07 bits per heavy atom. The molecule has 3 heterocycles. The molecule has 152 valence electrons. The van der Waals surface area contributed by atoms with Crippen molar-refractivity contribution >= 4 is 22.6 Å². The summed E-state index contributed by atoms with van der Waals surface area (Å²) in [6, 6.07) is 9.01. The Morgan fingerprint density at radius 1 is 1.27 bits per heavy atom. The predicted octanol–water partition coefficient (Wildman–Crippen LogP) is 3.70. The zero-order valence-electron chi connectivity index (χ0n) is 15.8. The van der Waals surface area contributed by atoms with Crippen molar-refractivity contribution in [3.8, 4) is 11.3 Å². The summed E-state index contributed by atoms with van der Waals surface area (Å²) in [6.45, 7) is 6.25. The van der Waals surface area contributed by atoms with E-state index in [1.165, 1.54) is 12.4 Å². The molecule has 1 aromatic carbocycles. The molecule has 1 amide bonds. The molecule has 2 aromatic heterocycles.